The van der Waals surface area contributed by atoms with Gasteiger partial charge in [-0.1, -0.05) is 24.9 Å². The third-order valence-electron chi connectivity index (χ3n) is 4.55. The molecule has 2 amide bonds. The third-order valence-corrected chi connectivity index (χ3v) is 4.55. The van der Waals surface area contributed by atoms with Crippen molar-refractivity contribution in [2.24, 2.45) is 11.1 Å². The first kappa shape index (κ1) is 21.1. The SMILES string of the molecule is COc1cc([N+](=O)[O-])ccc1NC(=O)/C=N\OCC(=O)N[C@H]1CCCC[C@@H]1C. The Labute approximate surface area is 162 Å². The molecule has 1 aromatic carbocycles. The fraction of sp³-hybridized carbons (Fsp3) is 0.500. The smallest absolute Gasteiger partial charge is 0.273 e. The molecule has 1 aliphatic carbocycles. The van der Waals surface area contributed by atoms with Gasteiger partial charge in [-0.2, -0.15) is 0 Å². The summed E-state index contributed by atoms with van der Waals surface area (Å²) < 4.78 is 5.03. The van der Waals surface area contributed by atoms with Crippen molar-refractivity contribution < 1.29 is 24.1 Å². The number of non-ortho nitro benzene ring substituents is 1. The normalized spacial score (nSPS) is 19.1. The maximum atomic E-state index is 11.9. The van der Waals surface area contributed by atoms with Crippen LogP contribution in [0.3, 0.4) is 0 Å². The molecule has 0 aliphatic heterocycles. The van der Waals surface area contributed by atoms with E-state index in [0.717, 1.165) is 25.5 Å². The predicted molar refractivity (Wildman–Crippen MR) is 102 cm³/mol. The van der Waals surface area contributed by atoms with Gasteiger partial charge >= 0.3 is 0 Å². The first-order chi connectivity index (χ1) is 13.4. The van der Waals surface area contributed by atoms with E-state index in [1.54, 1.807) is 0 Å². The summed E-state index contributed by atoms with van der Waals surface area (Å²) in [5.74, 6) is -0.344. The molecule has 0 radical (unpaired) electrons. The highest BCUT2D eigenvalue weighted by Gasteiger charge is 2.22. The standard InChI is InChI=1S/C18H24N4O6/c1-12-5-3-4-6-14(12)20-18(24)11-28-19-10-17(23)21-15-8-7-13(22(25)26)9-16(15)27-2/h7-10,12,14H,3-6,11H2,1-2H3,(H,20,24)(H,21,23)/b19-10-/t12-,14-/m0/s1. The average Bonchev–Trinajstić information content (AvgIpc) is 2.67. The van der Waals surface area contributed by atoms with E-state index in [2.05, 4.69) is 22.7 Å². The Kier molecular flexibility index (Phi) is 7.73. The molecule has 1 fully saturated rings. The van der Waals surface area contributed by atoms with E-state index in [1.165, 1.54) is 31.7 Å². The van der Waals surface area contributed by atoms with Gasteiger partial charge in [0, 0.05) is 12.1 Å². The number of nitro benzene ring substituents is 1. The zero-order valence-corrected chi connectivity index (χ0v) is 15.8. The van der Waals surface area contributed by atoms with Crippen molar-refractivity contribution in [1.29, 1.82) is 0 Å². The molecule has 1 saturated carbocycles. The van der Waals surface area contributed by atoms with Gasteiger partial charge in [0.15, 0.2) is 6.61 Å². The molecule has 2 rings (SSSR count). The Morgan fingerprint density at radius 3 is 2.79 bits per heavy atom. The highest BCUT2D eigenvalue weighted by Crippen LogP contribution is 2.28. The zero-order chi connectivity index (χ0) is 20.5. The number of anilines is 1. The minimum Gasteiger partial charge on any atom is -0.494 e. The lowest BCUT2D eigenvalue weighted by Gasteiger charge is -2.29. The number of oxime groups is 1. The summed E-state index contributed by atoms with van der Waals surface area (Å²) in [6.45, 7) is 1.83. The number of carbonyl (C=O) groups is 2. The number of methoxy groups -OCH3 is 1. The number of benzene rings is 1. The van der Waals surface area contributed by atoms with E-state index >= 15 is 0 Å². The number of carbonyl (C=O) groups excluding carboxylic acids is 2. The van der Waals surface area contributed by atoms with Gasteiger partial charge in [-0.25, -0.2) is 0 Å². The van der Waals surface area contributed by atoms with Crippen LogP contribution in [0.4, 0.5) is 11.4 Å². The lowest BCUT2D eigenvalue weighted by Crippen LogP contribution is -2.42. The van der Waals surface area contributed by atoms with Crippen LogP contribution in [0.1, 0.15) is 32.6 Å². The largest absolute Gasteiger partial charge is 0.494 e. The summed E-state index contributed by atoms with van der Waals surface area (Å²) in [5, 5.41) is 19.6. The summed E-state index contributed by atoms with van der Waals surface area (Å²) in [5.41, 5.74) is 0.0822. The molecule has 0 saturated heterocycles. The third kappa shape index (κ3) is 6.22. The van der Waals surface area contributed by atoms with Gasteiger partial charge in [0.05, 0.1) is 23.8 Å². The number of ether oxygens (including phenoxy) is 1. The van der Waals surface area contributed by atoms with Gasteiger partial charge < -0.3 is 20.2 Å². The number of nitrogens with zero attached hydrogens (tertiary/aromatic N) is 2. The minimum absolute atomic E-state index is 0.137. The molecule has 10 heteroatoms. The highest BCUT2D eigenvalue weighted by atomic mass is 16.6. The number of rotatable bonds is 8. The molecule has 2 atom stereocenters. The summed E-state index contributed by atoms with van der Waals surface area (Å²) in [6.07, 6.45) is 5.20. The van der Waals surface area contributed by atoms with E-state index in [1.807, 2.05) is 0 Å². The van der Waals surface area contributed by atoms with Crippen molar-refractivity contribution in [3.05, 3.63) is 28.3 Å². The van der Waals surface area contributed by atoms with Crippen molar-refractivity contribution in [2.45, 2.75) is 38.6 Å². The van der Waals surface area contributed by atoms with Crippen LogP contribution in [-0.4, -0.2) is 42.7 Å². The van der Waals surface area contributed by atoms with Crippen molar-refractivity contribution in [3.63, 3.8) is 0 Å². The second-order valence-corrected chi connectivity index (χ2v) is 6.57. The molecular formula is C18H24N4O6. The van der Waals surface area contributed by atoms with Crippen LogP contribution in [0.15, 0.2) is 23.4 Å². The topological polar surface area (TPSA) is 132 Å². The first-order valence-electron chi connectivity index (χ1n) is 8.98. The molecule has 28 heavy (non-hydrogen) atoms. The molecule has 2 N–H and O–H groups in total. The van der Waals surface area contributed by atoms with Crippen LogP contribution in [0.25, 0.3) is 0 Å². The summed E-state index contributed by atoms with van der Waals surface area (Å²) >= 11 is 0. The van der Waals surface area contributed by atoms with Crippen molar-refractivity contribution in [3.8, 4) is 5.75 Å². The van der Waals surface area contributed by atoms with Gasteiger partial charge in [-0.3, -0.25) is 19.7 Å². The Bertz CT molecular complexity index is 752. The van der Waals surface area contributed by atoms with Crippen LogP contribution in [-0.2, 0) is 14.4 Å². The minimum atomic E-state index is -0.631. The molecule has 0 unspecified atom stereocenters. The van der Waals surface area contributed by atoms with Crippen molar-refractivity contribution in [1.82, 2.24) is 5.32 Å². The molecule has 0 spiro atoms. The van der Waals surface area contributed by atoms with Gasteiger partial charge in [0.2, 0.25) is 0 Å². The first-order valence-corrected chi connectivity index (χ1v) is 8.98. The van der Waals surface area contributed by atoms with E-state index in [0.29, 0.717) is 5.92 Å². The summed E-state index contributed by atoms with van der Waals surface area (Å²) in [6, 6.07) is 3.93. The van der Waals surface area contributed by atoms with E-state index in [-0.39, 0.29) is 35.7 Å². The monoisotopic (exact) mass is 392 g/mol. The number of nitrogens with one attached hydrogen (secondary N) is 2. The van der Waals surface area contributed by atoms with Gasteiger partial charge in [-0.15, -0.1) is 0 Å². The lowest BCUT2D eigenvalue weighted by molar-refractivity contribution is -0.384. The van der Waals surface area contributed by atoms with Crippen LogP contribution >= 0.6 is 0 Å². The number of nitro groups is 1. The van der Waals surface area contributed by atoms with Crippen LogP contribution in [0, 0.1) is 16.0 Å². The van der Waals surface area contributed by atoms with Crippen LogP contribution < -0.4 is 15.4 Å². The van der Waals surface area contributed by atoms with Gasteiger partial charge in [-0.05, 0) is 24.8 Å². The number of hydrogen-bond donors (Lipinski definition) is 2. The fourth-order valence-corrected chi connectivity index (χ4v) is 3.02. The molecule has 0 heterocycles. The summed E-state index contributed by atoms with van der Waals surface area (Å²) in [4.78, 5) is 38.8. The molecule has 152 valence electrons. The maximum absolute atomic E-state index is 11.9. The lowest BCUT2D eigenvalue weighted by atomic mass is 9.86. The summed E-state index contributed by atoms with van der Waals surface area (Å²) in [7, 11) is 1.33. The average molecular weight is 392 g/mol. The van der Waals surface area contributed by atoms with E-state index < -0.39 is 10.8 Å². The highest BCUT2D eigenvalue weighted by molar-refractivity contribution is 6.31. The van der Waals surface area contributed by atoms with Crippen molar-refractivity contribution in [2.75, 3.05) is 19.0 Å². The quantitative estimate of drug-likeness (QED) is 0.396. The van der Waals surface area contributed by atoms with E-state index in [9.17, 15) is 19.7 Å². The Hall–Kier alpha value is -3.17. The molecule has 0 bridgehead atoms. The fourth-order valence-electron chi connectivity index (χ4n) is 3.02. The van der Waals surface area contributed by atoms with Gasteiger partial charge in [0.1, 0.15) is 12.0 Å². The van der Waals surface area contributed by atoms with Crippen LogP contribution in [0.5, 0.6) is 5.75 Å². The molecule has 0 aromatic heterocycles. The number of amides is 2. The van der Waals surface area contributed by atoms with E-state index in [4.69, 9.17) is 9.57 Å². The Morgan fingerprint density at radius 2 is 2.11 bits per heavy atom. The zero-order valence-electron chi connectivity index (χ0n) is 15.8. The molecule has 10 nitrogen and oxygen atoms in total. The molecular weight excluding hydrogens is 368 g/mol. The Balaban J connectivity index is 1.79. The molecule has 1 aliphatic rings. The number of hydrogen-bond acceptors (Lipinski definition) is 7. The predicted octanol–water partition coefficient (Wildman–Crippen LogP) is 2.24. The second-order valence-electron chi connectivity index (χ2n) is 6.57. The van der Waals surface area contributed by atoms with Crippen molar-refractivity contribution >= 4 is 29.4 Å². The second kappa shape index (κ2) is 10.2. The molecule has 1 aromatic rings. The maximum Gasteiger partial charge on any atom is 0.273 e. The van der Waals surface area contributed by atoms with Crippen LogP contribution in [0.2, 0.25) is 0 Å². The van der Waals surface area contributed by atoms with Gasteiger partial charge in [0.25, 0.3) is 17.5 Å². The Morgan fingerprint density at radius 1 is 1.36 bits per heavy atom.